The number of aryl methyl sites for hydroxylation is 1. The van der Waals surface area contributed by atoms with E-state index in [4.69, 9.17) is 4.74 Å². The summed E-state index contributed by atoms with van der Waals surface area (Å²) in [5.41, 5.74) is 2.20. The lowest BCUT2D eigenvalue weighted by molar-refractivity contribution is -0.123. The summed E-state index contributed by atoms with van der Waals surface area (Å²) in [7, 11) is 1.50. The summed E-state index contributed by atoms with van der Waals surface area (Å²) >= 11 is 0. The number of hydrogen-bond donors (Lipinski definition) is 1. The van der Waals surface area contributed by atoms with E-state index in [-0.39, 0.29) is 29.3 Å². The van der Waals surface area contributed by atoms with E-state index in [1.54, 1.807) is 54.6 Å². The van der Waals surface area contributed by atoms with E-state index in [9.17, 15) is 17.6 Å². The molecule has 0 radical (unpaired) electrons. The van der Waals surface area contributed by atoms with Gasteiger partial charge in [-0.3, -0.25) is 9.10 Å². The van der Waals surface area contributed by atoms with Crippen molar-refractivity contribution in [1.82, 2.24) is 10.2 Å². The largest absolute Gasteiger partial charge is 0.484 e. The van der Waals surface area contributed by atoms with E-state index in [1.807, 2.05) is 32.0 Å². The first kappa shape index (κ1) is 26.2. The molecule has 0 aliphatic heterocycles. The van der Waals surface area contributed by atoms with Crippen molar-refractivity contribution in [2.24, 2.45) is 0 Å². The van der Waals surface area contributed by atoms with Crippen LogP contribution in [0.4, 0.5) is 10.1 Å². The Morgan fingerprint density at radius 2 is 1.66 bits per heavy atom. The highest BCUT2D eigenvalue weighted by molar-refractivity contribution is 7.92. The van der Waals surface area contributed by atoms with Crippen molar-refractivity contribution in [2.75, 3.05) is 38.6 Å². The third-order valence-corrected chi connectivity index (χ3v) is 7.40. The quantitative estimate of drug-likeness (QED) is 0.460. The molecule has 9 heteroatoms. The molecule has 1 N–H and O–H groups in total. The fraction of sp³-hybridized carbons (Fsp3) is 0.269. The van der Waals surface area contributed by atoms with Crippen LogP contribution < -0.4 is 14.4 Å². The molecule has 0 saturated heterocycles. The molecule has 7 nitrogen and oxygen atoms in total. The van der Waals surface area contributed by atoms with Crippen molar-refractivity contribution >= 4 is 21.6 Å². The lowest BCUT2D eigenvalue weighted by atomic mass is 10.1. The molecular weight excluding hydrogens is 469 g/mol. The summed E-state index contributed by atoms with van der Waals surface area (Å²) in [5.74, 6) is -0.222. The van der Waals surface area contributed by atoms with Crippen LogP contribution in [-0.2, 0) is 14.8 Å². The minimum atomic E-state index is -3.69. The number of nitrogens with zero attached hydrogens (tertiary/aromatic N) is 2. The van der Waals surface area contributed by atoms with Gasteiger partial charge in [-0.1, -0.05) is 29.8 Å². The molecule has 3 rings (SSSR count). The molecule has 35 heavy (non-hydrogen) atoms. The van der Waals surface area contributed by atoms with Crippen molar-refractivity contribution in [2.45, 2.75) is 17.9 Å². The molecule has 1 amide bonds. The number of rotatable bonds is 10. The molecule has 3 aromatic carbocycles. The standard InChI is InChI=1S/C26H30FN3O4S/c1-19-8-14-24(15-9-19)35(32,33)30(4)22-10-12-23(13-11-22)34-18-26(31)28-17-25(29(2)3)20-6-5-7-21(27)16-20/h5-16,25H,17-18H2,1-4H3,(H,28,31)/t25-/m1/s1. The highest BCUT2D eigenvalue weighted by Gasteiger charge is 2.21. The number of halogens is 1. The van der Waals surface area contributed by atoms with Gasteiger partial charge in [0.15, 0.2) is 6.61 Å². The van der Waals surface area contributed by atoms with Gasteiger partial charge in [0.1, 0.15) is 11.6 Å². The molecule has 0 aliphatic rings. The maximum atomic E-state index is 13.6. The van der Waals surface area contributed by atoms with E-state index in [0.29, 0.717) is 18.0 Å². The van der Waals surface area contributed by atoms with Crippen molar-refractivity contribution in [1.29, 1.82) is 0 Å². The summed E-state index contributed by atoms with van der Waals surface area (Å²) in [6.45, 7) is 1.98. The number of likely N-dealkylation sites (N-methyl/N-ethyl adjacent to an activating group) is 1. The number of carbonyl (C=O) groups excluding carboxylic acids is 1. The molecule has 0 aliphatic carbocycles. The Labute approximate surface area is 206 Å². The van der Waals surface area contributed by atoms with Crippen LogP contribution in [-0.4, -0.2) is 53.5 Å². The Balaban J connectivity index is 1.56. The molecule has 0 heterocycles. The van der Waals surface area contributed by atoms with Crippen LogP contribution >= 0.6 is 0 Å². The van der Waals surface area contributed by atoms with Gasteiger partial charge in [0.25, 0.3) is 15.9 Å². The van der Waals surface area contributed by atoms with E-state index in [2.05, 4.69) is 5.32 Å². The number of sulfonamides is 1. The third-order valence-electron chi connectivity index (χ3n) is 5.60. The lowest BCUT2D eigenvalue weighted by Gasteiger charge is -2.25. The molecule has 3 aromatic rings. The minimum Gasteiger partial charge on any atom is -0.484 e. The summed E-state index contributed by atoms with van der Waals surface area (Å²) in [6, 6.07) is 19.2. The predicted molar refractivity (Wildman–Crippen MR) is 135 cm³/mol. The Morgan fingerprint density at radius 1 is 1.00 bits per heavy atom. The summed E-state index contributed by atoms with van der Waals surface area (Å²) in [4.78, 5) is 14.4. The zero-order valence-electron chi connectivity index (χ0n) is 20.2. The molecule has 0 saturated carbocycles. The van der Waals surface area contributed by atoms with Crippen molar-refractivity contribution in [3.8, 4) is 5.75 Å². The zero-order valence-corrected chi connectivity index (χ0v) is 21.0. The maximum Gasteiger partial charge on any atom is 0.264 e. The van der Waals surface area contributed by atoms with Gasteiger partial charge >= 0.3 is 0 Å². The van der Waals surface area contributed by atoms with Crippen LogP contribution in [0.5, 0.6) is 5.75 Å². The molecule has 0 fully saturated rings. The van der Waals surface area contributed by atoms with Crippen LogP contribution in [0.2, 0.25) is 0 Å². The first-order valence-electron chi connectivity index (χ1n) is 11.0. The SMILES string of the molecule is Cc1ccc(S(=O)(=O)N(C)c2ccc(OCC(=O)NC[C@H](c3cccc(F)c3)N(C)C)cc2)cc1. The highest BCUT2D eigenvalue weighted by atomic mass is 32.2. The Kier molecular flexibility index (Phi) is 8.48. The maximum absolute atomic E-state index is 13.6. The second kappa shape index (κ2) is 11.3. The first-order valence-corrected chi connectivity index (χ1v) is 12.5. The van der Waals surface area contributed by atoms with Crippen LogP contribution in [0, 0.1) is 12.7 Å². The van der Waals surface area contributed by atoms with Crippen molar-refractivity contribution in [3.05, 3.63) is 89.7 Å². The third kappa shape index (κ3) is 6.80. The normalized spacial score (nSPS) is 12.3. The fourth-order valence-electron chi connectivity index (χ4n) is 3.48. The number of carbonyl (C=O) groups is 1. The van der Waals surface area contributed by atoms with Gasteiger partial charge in [-0.15, -0.1) is 0 Å². The van der Waals surface area contributed by atoms with E-state index in [1.165, 1.54) is 23.5 Å². The molecule has 0 bridgehead atoms. The van der Waals surface area contributed by atoms with Gasteiger partial charge in [0.05, 0.1) is 16.6 Å². The average molecular weight is 500 g/mol. The lowest BCUT2D eigenvalue weighted by Crippen LogP contribution is -2.36. The zero-order chi connectivity index (χ0) is 25.6. The molecule has 0 unspecified atom stereocenters. The average Bonchev–Trinajstić information content (AvgIpc) is 2.83. The molecule has 1 atom stereocenters. The smallest absolute Gasteiger partial charge is 0.264 e. The van der Waals surface area contributed by atoms with Gasteiger partial charge < -0.3 is 15.0 Å². The van der Waals surface area contributed by atoms with Crippen molar-refractivity contribution in [3.63, 3.8) is 0 Å². The van der Waals surface area contributed by atoms with Gasteiger partial charge in [-0.25, -0.2) is 12.8 Å². The Hall–Kier alpha value is -3.43. The number of amides is 1. The highest BCUT2D eigenvalue weighted by Crippen LogP contribution is 2.24. The predicted octanol–water partition coefficient (Wildman–Crippen LogP) is 3.76. The number of benzene rings is 3. The number of nitrogens with one attached hydrogen (secondary N) is 1. The number of hydrogen-bond acceptors (Lipinski definition) is 5. The molecular formula is C26H30FN3O4S. The molecule has 186 valence electrons. The van der Waals surface area contributed by atoms with E-state index in [0.717, 1.165) is 11.1 Å². The number of anilines is 1. The molecule has 0 aromatic heterocycles. The Morgan fingerprint density at radius 3 is 2.26 bits per heavy atom. The summed E-state index contributed by atoms with van der Waals surface area (Å²) < 4.78 is 46.0. The van der Waals surface area contributed by atoms with Crippen LogP contribution in [0.15, 0.2) is 77.7 Å². The summed E-state index contributed by atoms with van der Waals surface area (Å²) in [5, 5.41) is 2.81. The fourth-order valence-corrected chi connectivity index (χ4v) is 4.68. The Bertz CT molecular complexity index is 1250. The topological polar surface area (TPSA) is 78.9 Å². The second-order valence-corrected chi connectivity index (χ2v) is 10.4. The van der Waals surface area contributed by atoms with Crippen LogP contribution in [0.25, 0.3) is 0 Å². The summed E-state index contributed by atoms with van der Waals surface area (Å²) in [6.07, 6.45) is 0. The van der Waals surface area contributed by atoms with Crippen molar-refractivity contribution < 1.29 is 22.3 Å². The first-order chi connectivity index (χ1) is 16.6. The van der Waals surface area contributed by atoms with E-state index >= 15 is 0 Å². The molecule has 0 spiro atoms. The van der Waals surface area contributed by atoms with E-state index < -0.39 is 10.0 Å². The second-order valence-electron chi connectivity index (χ2n) is 8.41. The van der Waals surface area contributed by atoms with Gasteiger partial charge in [0, 0.05) is 13.6 Å². The monoisotopic (exact) mass is 499 g/mol. The van der Waals surface area contributed by atoms with Crippen LogP contribution in [0.3, 0.4) is 0 Å². The number of ether oxygens (including phenoxy) is 1. The van der Waals surface area contributed by atoms with Crippen LogP contribution in [0.1, 0.15) is 17.2 Å². The van der Waals surface area contributed by atoms with Gasteiger partial charge in [-0.2, -0.15) is 0 Å². The van der Waals surface area contributed by atoms with Gasteiger partial charge in [0.2, 0.25) is 0 Å². The minimum absolute atomic E-state index is 0.194. The van der Waals surface area contributed by atoms with Gasteiger partial charge in [-0.05, 0) is 75.1 Å².